The van der Waals surface area contributed by atoms with Crippen LogP contribution in [0, 0.1) is 0 Å². The van der Waals surface area contributed by atoms with Gasteiger partial charge in [0.25, 0.3) is 0 Å². The first kappa shape index (κ1) is 14.8. The van der Waals surface area contributed by atoms with E-state index in [0.717, 1.165) is 12.4 Å². The van der Waals surface area contributed by atoms with E-state index in [1.54, 1.807) is 31.5 Å². The Morgan fingerprint density at radius 3 is 2.95 bits per heavy atom. The molecule has 0 amide bonds. The van der Waals surface area contributed by atoms with Gasteiger partial charge in [0.15, 0.2) is 5.82 Å². The zero-order valence-corrected chi connectivity index (χ0v) is 12.2. The Hall–Kier alpha value is -2.57. The number of carbonyl (C=O) groups is 1. The number of carbonyl (C=O) groups excluding carboxylic acids is 1. The smallest absolute Gasteiger partial charge is 0.338 e. The van der Waals surface area contributed by atoms with Gasteiger partial charge >= 0.3 is 5.97 Å². The topological polar surface area (TPSA) is 95.1 Å². The maximum absolute atomic E-state index is 11.7. The summed E-state index contributed by atoms with van der Waals surface area (Å²) in [7, 11) is 0. The molecule has 7 nitrogen and oxygen atoms in total. The molecule has 112 valence electrons. The molecular formula is C14H19N5O2. The van der Waals surface area contributed by atoms with Crippen molar-refractivity contribution < 1.29 is 9.53 Å². The number of hydrogen-bond donors (Lipinski definition) is 2. The summed E-state index contributed by atoms with van der Waals surface area (Å²) in [6.45, 7) is 5.40. The van der Waals surface area contributed by atoms with Gasteiger partial charge in [-0.3, -0.25) is 0 Å². The Balaban J connectivity index is 2.12. The fourth-order valence-electron chi connectivity index (χ4n) is 1.91. The first-order valence-electron chi connectivity index (χ1n) is 6.82. The highest BCUT2D eigenvalue weighted by atomic mass is 16.5. The van der Waals surface area contributed by atoms with E-state index in [-0.39, 0.29) is 5.97 Å². The number of ether oxygens (including phenoxy) is 1. The van der Waals surface area contributed by atoms with Gasteiger partial charge in [-0.25, -0.2) is 4.79 Å². The maximum atomic E-state index is 11.7. The summed E-state index contributed by atoms with van der Waals surface area (Å²) in [6.07, 6.45) is 1.68. The standard InChI is InChI=1S/C14H19N5O2/c1-3-19-9-17-18-13(19)8-16-12-7-10(5-6-11(12)15)14(20)21-4-2/h5-7,9,16H,3-4,8,15H2,1-2H3. The molecule has 1 aromatic carbocycles. The first-order valence-corrected chi connectivity index (χ1v) is 6.82. The minimum atomic E-state index is -0.364. The molecule has 0 spiro atoms. The number of esters is 1. The van der Waals surface area contributed by atoms with Crippen LogP contribution in [0.15, 0.2) is 24.5 Å². The zero-order chi connectivity index (χ0) is 15.2. The lowest BCUT2D eigenvalue weighted by molar-refractivity contribution is 0.0526. The number of aryl methyl sites for hydroxylation is 1. The first-order chi connectivity index (χ1) is 10.2. The second kappa shape index (κ2) is 6.74. The van der Waals surface area contributed by atoms with E-state index >= 15 is 0 Å². The van der Waals surface area contributed by atoms with Crippen LogP contribution < -0.4 is 11.1 Å². The van der Waals surface area contributed by atoms with Crippen molar-refractivity contribution in [3.8, 4) is 0 Å². The van der Waals surface area contributed by atoms with Crippen molar-refractivity contribution in [1.29, 1.82) is 0 Å². The molecule has 0 radical (unpaired) electrons. The van der Waals surface area contributed by atoms with Crippen molar-refractivity contribution in [2.24, 2.45) is 0 Å². The summed E-state index contributed by atoms with van der Waals surface area (Å²) in [4.78, 5) is 11.7. The van der Waals surface area contributed by atoms with Gasteiger partial charge in [-0.05, 0) is 32.0 Å². The molecule has 0 bridgehead atoms. The second-order valence-corrected chi connectivity index (χ2v) is 4.41. The number of anilines is 2. The molecule has 0 fully saturated rings. The summed E-state index contributed by atoms with van der Waals surface area (Å²) in [5, 5.41) is 11.1. The number of nitrogen functional groups attached to an aromatic ring is 1. The molecule has 0 unspecified atom stereocenters. The van der Waals surface area contributed by atoms with Crippen LogP contribution in [0.5, 0.6) is 0 Å². The Labute approximate surface area is 123 Å². The van der Waals surface area contributed by atoms with Crippen molar-refractivity contribution in [3.63, 3.8) is 0 Å². The molecule has 0 aliphatic heterocycles. The van der Waals surface area contributed by atoms with E-state index in [1.807, 2.05) is 11.5 Å². The summed E-state index contributed by atoms with van der Waals surface area (Å²) in [5.41, 5.74) is 7.61. The van der Waals surface area contributed by atoms with Crippen LogP contribution in [0.2, 0.25) is 0 Å². The maximum Gasteiger partial charge on any atom is 0.338 e. The molecule has 21 heavy (non-hydrogen) atoms. The quantitative estimate of drug-likeness (QED) is 0.620. The van der Waals surface area contributed by atoms with Crippen LogP contribution in [-0.2, 0) is 17.8 Å². The number of nitrogens with zero attached hydrogens (tertiary/aromatic N) is 3. The van der Waals surface area contributed by atoms with Crippen LogP contribution in [0.25, 0.3) is 0 Å². The summed E-state index contributed by atoms with van der Waals surface area (Å²) >= 11 is 0. The third kappa shape index (κ3) is 3.50. The van der Waals surface area contributed by atoms with Gasteiger partial charge in [-0.15, -0.1) is 10.2 Å². The van der Waals surface area contributed by atoms with Crippen molar-refractivity contribution in [2.75, 3.05) is 17.7 Å². The lowest BCUT2D eigenvalue weighted by Crippen LogP contribution is -2.10. The molecule has 2 aromatic rings. The number of nitrogens with one attached hydrogen (secondary N) is 1. The largest absolute Gasteiger partial charge is 0.462 e. The zero-order valence-electron chi connectivity index (χ0n) is 12.2. The van der Waals surface area contributed by atoms with Gasteiger partial charge in [0.2, 0.25) is 0 Å². The number of rotatable bonds is 6. The van der Waals surface area contributed by atoms with Crippen molar-refractivity contribution in [3.05, 3.63) is 35.9 Å². The Morgan fingerprint density at radius 1 is 1.43 bits per heavy atom. The van der Waals surface area contributed by atoms with Crippen LogP contribution in [0.1, 0.15) is 30.0 Å². The highest BCUT2D eigenvalue weighted by Crippen LogP contribution is 2.21. The van der Waals surface area contributed by atoms with E-state index in [1.165, 1.54) is 0 Å². The van der Waals surface area contributed by atoms with Crippen LogP contribution in [0.4, 0.5) is 11.4 Å². The van der Waals surface area contributed by atoms with Crippen LogP contribution >= 0.6 is 0 Å². The molecule has 1 heterocycles. The van der Waals surface area contributed by atoms with Gasteiger partial charge < -0.3 is 20.4 Å². The third-order valence-corrected chi connectivity index (χ3v) is 3.04. The van der Waals surface area contributed by atoms with Gasteiger partial charge in [0.1, 0.15) is 6.33 Å². The lowest BCUT2D eigenvalue weighted by Gasteiger charge is -2.11. The predicted molar refractivity (Wildman–Crippen MR) is 79.8 cm³/mol. The summed E-state index contributed by atoms with van der Waals surface area (Å²) in [5.74, 6) is 0.440. The molecule has 0 aliphatic rings. The predicted octanol–water partition coefficient (Wildman–Crippen LogP) is 1.67. The van der Waals surface area contributed by atoms with Crippen molar-refractivity contribution in [2.45, 2.75) is 26.9 Å². The van der Waals surface area contributed by atoms with E-state index in [0.29, 0.717) is 30.1 Å². The summed E-state index contributed by atoms with van der Waals surface area (Å²) in [6, 6.07) is 5.01. The molecule has 0 atom stereocenters. The van der Waals surface area contributed by atoms with Crippen molar-refractivity contribution >= 4 is 17.3 Å². The fourth-order valence-corrected chi connectivity index (χ4v) is 1.91. The molecular weight excluding hydrogens is 270 g/mol. The van der Waals surface area contributed by atoms with E-state index < -0.39 is 0 Å². The molecule has 0 aliphatic carbocycles. The highest BCUT2D eigenvalue weighted by Gasteiger charge is 2.10. The molecule has 2 rings (SSSR count). The molecule has 0 saturated carbocycles. The summed E-state index contributed by atoms with van der Waals surface area (Å²) < 4.78 is 6.90. The molecule has 1 aromatic heterocycles. The SMILES string of the molecule is CCOC(=O)c1ccc(N)c(NCc2nncn2CC)c1. The minimum Gasteiger partial charge on any atom is -0.462 e. The number of aromatic nitrogens is 3. The second-order valence-electron chi connectivity index (χ2n) is 4.41. The van der Waals surface area contributed by atoms with Crippen LogP contribution in [0.3, 0.4) is 0 Å². The normalized spacial score (nSPS) is 10.4. The molecule has 7 heteroatoms. The van der Waals surface area contributed by atoms with E-state index in [4.69, 9.17) is 10.5 Å². The van der Waals surface area contributed by atoms with Gasteiger partial charge in [-0.2, -0.15) is 0 Å². The Kier molecular flexibility index (Phi) is 4.76. The highest BCUT2D eigenvalue weighted by molar-refractivity contribution is 5.92. The Morgan fingerprint density at radius 2 is 2.24 bits per heavy atom. The van der Waals surface area contributed by atoms with E-state index in [2.05, 4.69) is 15.5 Å². The van der Waals surface area contributed by atoms with E-state index in [9.17, 15) is 4.79 Å². The Bertz CT molecular complexity index is 624. The number of nitrogens with two attached hydrogens (primary N) is 1. The van der Waals surface area contributed by atoms with Gasteiger partial charge in [0, 0.05) is 6.54 Å². The van der Waals surface area contributed by atoms with Gasteiger partial charge in [0.05, 0.1) is 30.1 Å². The lowest BCUT2D eigenvalue weighted by atomic mass is 10.1. The van der Waals surface area contributed by atoms with Crippen molar-refractivity contribution in [1.82, 2.24) is 14.8 Å². The van der Waals surface area contributed by atoms with Crippen LogP contribution in [-0.4, -0.2) is 27.3 Å². The average molecular weight is 289 g/mol. The minimum absolute atomic E-state index is 0.339. The fraction of sp³-hybridized carbons (Fsp3) is 0.357. The number of hydrogen-bond acceptors (Lipinski definition) is 6. The van der Waals surface area contributed by atoms with Gasteiger partial charge in [-0.1, -0.05) is 0 Å². The monoisotopic (exact) mass is 289 g/mol. The average Bonchev–Trinajstić information content (AvgIpc) is 2.94. The molecule has 3 N–H and O–H groups in total. The molecule has 0 saturated heterocycles. The number of benzene rings is 1. The third-order valence-electron chi connectivity index (χ3n) is 3.04.